The molecular weight excluding hydrogens is 580 g/mol. The number of anilines is 1. The number of barbiturate groups is 1. The van der Waals surface area contributed by atoms with Crippen LogP contribution >= 0.6 is 27.5 Å². The summed E-state index contributed by atoms with van der Waals surface area (Å²) in [5.41, 5.74) is 0.518. The molecule has 0 bridgehead atoms. The Morgan fingerprint density at radius 2 is 1.55 bits per heavy atom. The highest BCUT2D eigenvalue weighted by atomic mass is 79.9. The van der Waals surface area contributed by atoms with Crippen molar-refractivity contribution in [1.29, 1.82) is 0 Å². The minimum Gasteiger partial charge on any atom is -0.497 e. The van der Waals surface area contributed by atoms with E-state index in [1.807, 2.05) is 0 Å². The molecule has 1 aliphatic rings. The monoisotopic (exact) mass is 600 g/mol. The van der Waals surface area contributed by atoms with Gasteiger partial charge in [-0.3, -0.25) is 14.9 Å². The van der Waals surface area contributed by atoms with Crippen molar-refractivity contribution in [3.8, 4) is 23.0 Å². The second-order valence-electron chi connectivity index (χ2n) is 7.84. The van der Waals surface area contributed by atoms with Crippen LogP contribution in [0.5, 0.6) is 23.0 Å². The average Bonchev–Trinajstić information content (AvgIpc) is 2.91. The van der Waals surface area contributed by atoms with Crippen LogP contribution in [0.25, 0.3) is 6.08 Å². The summed E-state index contributed by atoms with van der Waals surface area (Å²) in [4.78, 5) is 38.9. The molecule has 1 fully saturated rings. The number of carbonyl (C=O) groups excluding carboxylic acids is 3. The topological polar surface area (TPSA) is 103 Å². The molecule has 0 saturated carbocycles. The maximum Gasteiger partial charge on any atom is 0.335 e. The number of ether oxygens (including phenoxy) is 4. The van der Waals surface area contributed by atoms with Crippen LogP contribution in [-0.2, 0) is 9.59 Å². The minimum absolute atomic E-state index is 0.223. The van der Waals surface area contributed by atoms with Crippen LogP contribution in [0.3, 0.4) is 0 Å². The van der Waals surface area contributed by atoms with E-state index in [1.165, 1.54) is 25.3 Å². The Labute approximate surface area is 232 Å². The first kappa shape index (κ1) is 27.0. The number of nitrogens with one attached hydrogen (secondary N) is 1. The van der Waals surface area contributed by atoms with Gasteiger partial charge < -0.3 is 18.9 Å². The van der Waals surface area contributed by atoms with E-state index in [4.69, 9.17) is 30.5 Å². The first-order valence-corrected chi connectivity index (χ1v) is 12.4. The molecule has 1 saturated heterocycles. The summed E-state index contributed by atoms with van der Waals surface area (Å²) in [7, 11) is 3.06. The number of carbonyl (C=O) groups is 3. The van der Waals surface area contributed by atoms with Gasteiger partial charge in [-0.05, 0) is 88.2 Å². The molecule has 0 aromatic heterocycles. The molecule has 3 aromatic carbocycles. The van der Waals surface area contributed by atoms with Crippen LogP contribution in [0.1, 0.15) is 5.56 Å². The van der Waals surface area contributed by atoms with E-state index in [1.54, 1.807) is 55.6 Å². The third-order valence-electron chi connectivity index (χ3n) is 5.41. The van der Waals surface area contributed by atoms with Gasteiger partial charge in [0.15, 0.2) is 11.5 Å². The Bertz CT molecular complexity index is 1390. The van der Waals surface area contributed by atoms with Gasteiger partial charge in [0.2, 0.25) is 0 Å². The third-order valence-corrected chi connectivity index (χ3v) is 6.25. The smallest absolute Gasteiger partial charge is 0.335 e. The van der Waals surface area contributed by atoms with Crippen molar-refractivity contribution in [2.45, 2.75) is 0 Å². The molecule has 0 spiro atoms. The predicted molar refractivity (Wildman–Crippen MR) is 145 cm³/mol. The lowest BCUT2D eigenvalue weighted by Gasteiger charge is -2.26. The number of hydrogen-bond donors (Lipinski definition) is 1. The van der Waals surface area contributed by atoms with Gasteiger partial charge in [0.05, 0.1) is 24.4 Å². The molecule has 1 heterocycles. The summed E-state index contributed by atoms with van der Waals surface area (Å²) in [6, 6.07) is 15.7. The second-order valence-corrected chi connectivity index (χ2v) is 9.13. The summed E-state index contributed by atoms with van der Waals surface area (Å²) < 4.78 is 22.7. The van der Waals surface area contributed by atoms with Crippen molar-refractivity contribution in [2.75, 3.05) is 32.3 Å². The molecule has 11 heteroatoms. The number of benzene rings is 3. The SMILES string of the molecule is COc1ccc(OCCOc2c(Br)cc(/C=C3\C(=O)NC(=O)N(c4ccc(Cl)cc4)C3=O)cc2OC)cc1. The van der Waals surface area contributed by atoms with Crippen molar-refractivity contribution in [3.05, 3.63) is 81.3 Å². The normalized spacial score (nSPS) is 14.4. The molecule has 0 unspecified atom stereocenters. The van der Waals surface area contributed by atoms with Gasteiger partial charge in [0.25, 0.3) is 11.8 Å². The van der Waals surface area contributed by atoms with Crippen LogP contribution in [0.4, 0.5) is 10.5 Å². The zero-order valence-electron chi connectivity index (χ0n) is 20.3. The fourth-order valence-corrected chi connectivity index (χ4v) is 4.29. The first-order valence-electron chi connectivity index (χ1n) is 11.2. The molecule has 0 atom stereocenters. The largest absolute Gasteiger partial charge is 0.497 e. The Morgan fingerprint density at radius 3 is 2.21 bits per heavy atom. The van der Waals surface area contributed by atoms with Gasteiger partial charge in [-0.25, -0.2) is 9.69 Å². The highest BCUT2D eigenvalue weighted by Crippen LogP contribution is 2.37. The molecule has 38 heavy (non-hydrogen) atoms. The average molecular weight is 602 g/mol. The maximum atomic E-state index is 13.1. The van der Waals surface area contributed by atoms with E-state index in [0.29, 0.717) is 32.3 Å². The van der Waals surface area contributed by atoms with Crippen LogP contribution in [0.2, 0.25) is 5.02 Å². The van der Waals surface area contributed by atoms with Gasteiger partial charge >= 0.3 is 6.03 Å². The summed E-state index contributed by atoms with van der Waals surface area (Å²) in [6.07, 6.45) is 1.37. The van der Waals surface area contributed by atoms with E-state index < -0.39 is 17.8 Å². The number of urea groups is 1. The van der Waals surface area contributed by atoms with Crippen molar-refractivity contribution in [2.24, 2.45) is 0 Å². The Balaban J connectivity index is 1.50. The molecule has 1 N–H and O–H groups in total. The van der Waals surface area contributed by atoms with Gasteiger partial charge in [0.1, 0.15) is 30.3 Å². The summed E-state index contributed by atoms with van der Waals surface area (Å²) in [5, 5.41) is 2.63. The van der Waals surface area contributed by atoms with E-state index in [-0.39, 0.29) is 24.5 Å². The molecule has 9 nitrogen and oxygen atoms in total. The third kappa shape index (κ3) is 6.09. The molecular formula is C27H22BrClN2O7. The molecule has 196 valence electrons. The molecule has 4 rings (SSSR count). The Hall–Kier alpha value is -4.02. The van der Waals surface area contributed by atoms with Gasteiger partial charge in [-0.1, -0.05) is 11.6 Å². The van der Waals surface area contributed by atoms with Crippen molar-refractivity contribution < 1.29 is 33.3 Å². The van der Waals surface area contributed by atoms with Gasteiger partial charge in [-0.15, -0.1) is 0 Å². The zero-order chi connectivity index (χ0) is 27.2. The number of imide groups is 2. The maximum absolute atomic E-state index is 13.1. The van der Waals surface area contributed by atoms with Crippen LogP contribution < -0.4 is 29.2 Å². The lowest BCUT2D eigenvalue weighted by molar-refractivity contribution is -0.122. The number of hydrogen-bond acceptors (Lipinski definition) is 7. The first-order chi connectivity index (χ1) is 18.3. The quantitative estimate of drug-likeness (QED) is 0.203. The molecule has 0 aliphatic carbocycles. The fourth-order valence-electron chi connectivity index (χ4n) is 3.59. The molecule has 3 aromatic rings. The van der Waals surface area contributed by atoms with Crippen molar-refractivity contribution >= 4 is 57.1 Å². The standard InChI is InChI=1S/C27H22BrClN2O7/c1-35-19-7-9-20(10-8-19)37-11-12-38-24-22(28)14-16(15-23(24)36-2)13-21-25(32)30-27(34)31(26(21)33)18-5-3-17(29)4-6-18/h3-10,13-15H,11-12H2,1-2H3,(H,30,32,34)/b21-13+. The summed E-state index contributed by atoms with van der Waals surface area (Å²) >= 11 is 9.37. The zero-order valence-corrected chi connectivity index (χ0v) is 22.7. The van der Waals surface area contributed by atoms with E-state index in [2.05, 4.69) is 21.2 Å². The van der Waals surface area contributed by atoms with Gasteiger partial charge in [0, 0.05) is 5.02 Å². The molecule has 0 radical (unpaired) electrons. The van der Waals surface area contributed by atoms with Crippen LogP contribution in [0.15, 0.2) is 70.7 Å². The lowest BCUT2D eigenvalue weighted by Crippen LogP contribution is -2.54. The van der Waals surface area contributed by atoms with Crippen LogP contribution in [0, 0.1) is 0 Å². The molecule has 1 aliphatic heterocycles. The Morgan fingerprint density at radius 1 is 0.895 bits per heavy atom. The predicted octanol–water partition coefficient (Wildman–Crippen LogP) is 5.24. The number of nitrogens with zero attached hydrogens (tertiary/aromatic N) is 1. The van der Waals surface area contributed by atoms with Crippen LogP contribution in [-0.4, -0.2) is 45.3 Å². The van der Waals surface area contributed by atoms with E-state index in [0.717, 1.165) is 10.6 Å². The minimum atomic E-state index is -0.848. The Kier molecular flexibility index (Phi) is 8.55. The number of halogens is 2. The number of methoxy groups -OCH3 is 2. The van der Waals surface area contributed by atoms with Crippen molar-refractivity contribution in [3.63, 3.8) is 0 Å². The van der Waals surface area contributed by atoms with Crippen molar-refractivity contribution in [1.82, 2.24) is 5.32 Å². The highest BCUT2D eigenvalue weighted by Gasteiger charge is 2.36. The number of amides is 4. The van der Waals surface area contributed by atoms with Gasteiger partial charge in [-0.2, -0.15) is 0 Å². The van der Waals surface area contributed by atoms with E-state index in [9.17, 15) is 14.4 Å². The fraction of sp³-hybridized carbons (Fsp3) is 0.148. The number of rotatable bonds is 9. The highest BCUT2D eigenvalue weighted by molar-refractivity contribution is 9.10. The second kappa shape index (κ2) is 12.0. The molecule has 4 amide bonds. The lowest BCUT2D eigenvalue weighted by atomic mass is 10.1. The summed E-state index contributed by atoms with van der Waals surface area (Å²) in [6.45, 7) is 0.497. The van der Waals surface area contributed by atoms with E-state index >= 15 is 0 Å². The summed E-state index contributed by atoms with van der Waals surface area (Å²) in [5.74, 6) is 0.608.